The second-order valence-electron chi connectivity index (χ2n) is 7.16. The highest BCUT2D eigenvalue weighted by Gasteiger charge is 2.23. The maximum Gasteiger partial charge on any atom is 0.255 e. The molecule has 4 rings (SSSR count). The van der Waals surface area contributed by atoms with Crippen LogP contribution in [-0.2, 0) is 12.8 Å². The molecule has 1 aliphatic rings. The highest BCUT2D eigenvalue weighted by atomic mass is 19.1. The monoisotopic (exact) mass is 351 g/mol. The third kappa shape index (κ3) is 3.10. The van der Waals surface area contributed by atoms with Gasteiger partial charge in [0.1, 0.15) is 5.82 Å². The first-order valence-electron chi connectivity index (χ1n) is 8.88. The van der Waals surface area contributed by atoms with E-state index in [-0.39, 0.29) is 11.7 Å². The number of carbonyl (C=O) groups is 1. The molecule has 1 atom stereocenters. The van der Waals surface area contributed by atoms with E-state index in [2.05, 4.69) is 29.3 Å². The van der Waals surface area contributed by atoms with Gasteiger partial charge in [-0.3, -0.25) is 4.79 Å². The molecule has 2 aromatic carbocycles. The number of aryl methyl sites for hydroxylation is 1. The molecule has 0 unspecified atom stereocenters. The van der Waals surface area contributed by atoms with E-state index in [4.69, 9.17) is 0 Å². The number of aromatic nitrogens is 1. The van der Waals surface area contributed by atoms with Crippen molar-refractivity contribution >= 4 is 22.5 Å². The van der Waals surface area contributed by atoms with Crippen LogP contribution in [-0.4, -0.2) is 35.9 Å². The normalized spacial score (nSPS) is 16.7. The molecule has 0 aliphatic heterocycles. The van der Waals surface area contributed by atoms with Gasteiger partial charge in [0.25, 0.3) is 5.91 Å². The molecule has 5 heteroatoms. The first-order valence-corrected chi connectivity index (χ1v) is 8.88. The van der Waals surface area contributed by atoms with Crippen LogP contribution < -0.4 is 5.32 Å². The quantitative estimate of drug-likeness (QED) is 0.750. The molecule has 3 aromatic rings. The zero-order valence-corrected chi connectivity index (χ0v) is 15.0. The SMILES string of the molecule is CN(C)[C@H]1CCc2c([nH]c3ccc(NC(=O)c4ccc(F)cc4)cc23)C1. The van der Waals surface area contributed by atoms with Gasteiger partial charge in [0.2, 0.25) is 0 Å². The zero-order chi connectivity index (χ0) is 18.3. The molecule has 1 heterocycles. The molecule has 0 bridgehead atoms. The smallest absolute Gasteiger partial charge is 0.255 e. The Balaban J connectivity index is 1.60. The largest absolute Gasteiger partial charge is 0.358 e. The number of halogens is 1. The number of likely N-dealkylation sites (N-methyl/N-ethyl adjacent to an activating group) is 1. The molecule has 1 aromatic heterocycles. The Morgan fingerprint density at radius 1 is 1.19 bits per heavy atom. The molecule has 1 amide bonds. The molecule has 1 aliphatic carbocycles. The summed E-state index contributed by atoms with van der Waals surface area (Å²) in [6.07, 6.45) is 3.20. The van der Waals surface area contributed by atoms with Gasteiger partial charge >= 0.3 is 0 Å². The summed E-state index contributed by atoms with van der Waals surface area (Å²) in [5.74, 6) is -0.584. The average Bonchev–Trinajstić information content (AvgIpc) is 2.99. The van der Waals surface area contributed by atoms with Gasteiger partial charge in [-0.1, -0.05) is 0 Å². The van der Waals surface area contributed by atoms with Crippen molar-refractivity contribution in [2.75, 3.05) is 19.4 Å². The van der Waals surface area contributed by atoms with Crippen molar-refractivity contribution in [3.63, 3.8) is 0 Å². The van der Waals surface area contributed by atoms with Gasteiger partial charge in [-0.25, -0.2) is 4.39 Å². The summed E-state index contributed by atoms with van der Waals surface area (Å²) in [6, 6.07) is 12.1. The van der Waals surface area contributed by atoms with E-state index in [1.54, 1.807) is 0 Å². The summed E-state index contributed by atoms with van der Waals surface area (Å²) < 4.78 is 13.0. The number of rotatable bonds is 3. The number of benzene rings is 2. The zero-order valence-electron chi connectivity index (χ0n) is 15.0. The molecule has 2 N–H and O–H groups in total. The first kappa shape index (κ1) is 16.8. The molecule has 0 saturated heterocycles. The Morgan fingerprint density at radius 2 is 1.96 bits per heavy atom. The number of aromatic amines is 1. The molecule has 134 valence electrons. The van der Waals surface area contributed by atoms with Crippen molar-refractivity contribution in [1.82, 2.24) is 9.88 Å². The van der Waals surface area contributed by atoms with Gasteiger partial charge in [0.15, 0.2) is 0 Å². The summed E-state index contributed by atoms with van der Waals surface area (Å²) >= 11 is 0. The highest BCUT2D eigenvalue weighted by molar-refractivity contribution is 6.05. The van der Waals surface area contributed by atoms with Gasteiger partial charge in [-0.15, -0.1) is 0 Å². The number of fused-ring (bicyclic) bond motifs is 3. The Bertz CT molecular complexity index is 959. The Labute approximate surface area is 152 Å². The predicted molar refractivity (Wildman–Crippen MR) is 102 cm³/mol. The predicted octanol–water partition coefficient (Wildman–Crippen LogP) is 3.98. The van der Waals surface area contributed by atoms with Crippen molar-refractivity contribution < 1.29 is 9.18 Å². The minimum absolute atomic E-state index is 0.235. The molecule has 26 heavy (non-hydrogen) atoms. The lowest BCUT2D eigenvalue weighted by atomic mass is 9.91. The molecular formula is C21H22FN3O. The third-order valence-electron chi connectivity index (χ3n) is 5.26. The number of hydrogen-bond acceptors (Lipinski definition) is 2. The van der Waals surface area contributed by atoms with Crippen LogP contribution >= 0.6 is 0 Å². The second-order valence-corrected chi connectivity index (χ2v) is 7.16. The maximum absolute atomic E-state index is 13.0. The van der Waals surface area contributed by atoms with Gasteiger partial charge in [0.05, 0.1) is 0 Å². The summed E-state index contributed by atoms with van der Waals surface area (Å²) in [5.41, 5.74) is 4.96. The van der Waals surface area contributed by atoms with E-state index in [1.807, 2.05) is 18.2 Å². The summed E-state index contributed by atoms with van der Waals surface area (Å²) in [6.45, 7) is 0. The average molecular weight is 351 g/mol. The lowest BCUT2D eigenvalue weighted by Gasteiger charge is -2.28. The van der Waals surface area contributed by atoms with E-state index in [0.29, 0.717) is 11.6 Å². The fourth-order valence-corrected chi connectivity index (χ4v) is 3.73. The summed E-state index contributed by atoms with van der Waals surface area (Å²) in [7, 11) is 4.25. The number of nitrogens with one attached hydrogen (secondary N) is 2. The van der Waals surface area contributed by atoms with E-state index >= 15 is 0 Å². The number of amides is 1. The van der Waals surface area contributed by atoms with Crippen LogP contribution in [0.5, 0.6) is 0 Å². The Morgan fingerprint density at radius 3 is 2.69 bits per heavy atom. The van der Waals surface area contributed by atoms with Crippen LogP contribution in [0.25, 0.3) is 10.9 Å². The van der Waals surface area contributed by atoms with Gasteiger partial charge in [-0.2, -0.15) is 0 Å². The number of H-pyrrole nitrogens is 1. The fraction of sp³-hybridized carbons (Fsp3) is 0.286. The molecule has 4 nitrogen and oxygen atoms in total. The van der Waals surface area contributed by atoms with E-state index in [9.17, 15) is 9.18 Å². The molecule has 0 radical (unpaired) electrons. The van der Waals surface area contributed by atoms with E-state index in [1.165, 1.54) is 40.9 Å². The van der Waals surface area contributed by atoms with E-state index in [0.717, 1.165) is 30.5 Å². The molecule has 0 spiro atoms. The standard InChI is InChI=1S/C21H22FN3O/c1-25(2)16-8-9-17-18-11-15(7-10-19(18)24-20(17)12-16)23-21(26)13-3-5-14(22)6-4-13/h3-7,10-11,16,24H,8-9,12H2,1-2H3,(H,23,26)/t16-/m0/s1. The number of anilines is 1. The first-order chi connectivity index (χ1) is 12.5. The molecule has 0 saturated carbocycles. The van der Waals surface area contributed by atoms with Gasteiger partial charge in [-0.05, 0) is 75.0 Å². The van der Waals surface area contributed by atoms with Crippen LogP contribution in [0.15, 0.2) is 42.5 Å². The van der Waals surface area contributed by atoms with Gasteiger partial charge in [0, 0.05) is 40.3 Å². The van der Waals surface area contributed by atoms with Gasteiger partial charge < -0.3 is 15.2 Å². The molecular weight excluding hydrogens is 329 g/mol. The van der Waals surface area contributed by atoms with Crippen LogP contribution in [0, 0.1) is 5.82 Å². The van der Waals surface area contributed by atoms with Crippen LogP contribution in [0.2, 0.25) is 0 Å². The lowest BCUT2D eigenvalue weighted by Crippen LogP contribution is -2.33. The number of carbonyl (C=O) groups excluding carboxylic acids is 1. The van der Waals surface area contributed by atoms with E-state index < -0.39 is 0 Å². The fourth-order valence-electron chi connectivity index (χ4n) is 3.73. The lowest BCUT2D eigenvalue weighted by molar-refractivity contribution is 0.102. The number of nitrogens with zero attached hydrogens (tertiary/aromatic N) is 1. The topological polar surface area (TPSA) is 48.1 Å². The minimum atomic E-state index is -0.349. The minimum Gasteiger partial charge on any atom is -0.358 e. The van der Waals surface area contributed by atoms with Crippen molar-refractivity contribution in [1.29, 1.82) is 0 Å². The molecule has 0 fully saturated rings. The van der Waals surface area contributed by atoms with Crippen LogP contribution in [0.1, 0.15) is 28.0 Å². The third-order valence-corrected chi connectivity index (χ3v) is 5.26. The highest BCUT2D eigenvalue weighted by Crippen LogP contribution is 2.32. The van der Waals surface area contributed by atoms with Crippen molar-refractivity contribution in [2.45, 2.75) is 25.3 Å². The number of hydrogen-bond donors (Lipinski definition) is 2. The van der Waals surface area contributed by atoms with Crippen molar-refractivity contribution in [3.05, 3.63) is 65.1 Å². The van der Waals surface area contributed by atoms with Crippen molar-refractivity contribution in [2.24, 2.45) is 0 Å². The second kappa shape index (κ2) is 6.57. The van der Waals surface area contributed by atoms with Crippen LogP contribution in [0.3, 0.4) is 0 Å². The summed E-state index contributed by atoms with van der Waals surface area (Å²) in [5, 5.41) is 4.09. The Kier molecular flexibility index (Phi) is 4.24. The van der Waals surface area contributed by atoms with Crippen molar-refractivity contribution in [3.8, 4) is 0 Å². The Hall–Kier alpha value is -2.66. The maximum atomic E-state index is 13.0. The summed E-state index contributed by atoms with van der Waals surface area (Å²) in [4.78, 5) is 18.2. The van der Waals surface area contributed by atoms with Crippen LogP contribution in [0.4, 0.5) is 10.1 Å².